The first kappa shape index (κ1) is 13.3. The van der Waals surface area contributed by atoms with Crippen molar-refractivity contribution in [3.05, 3.63) is 33.5 Å². The van der Waals surface area contributed by atoms with Gasteiger partial charge in [0.15, 0.2) is 5.13 Å². The van der Waals surface area contributed by atoms with E-state index in [1.807, 2.05) is 5.38 Å². The van der Waals surface area contributed by atoms with Crippen LogP contribution in [0.25, 0.3) is 0 Å². The minimum Gasteiger partial charge on any atom is -0.356 e. The Hall–Kier alpha value is -1.14. The number of thiazole rings is 1. The molecule has 0 fully saturated rings. The zero-order chi connectivity index (χ0) is 13.3. The van der Waals surface area contributed by atoms with Crippen molar-refractivity contribution in [1.29, 1.82) is 0 Å². The average molecular weight is 328 g/mol. The number of nitrogens with one attached hydrogen (secondary N) is 2. The van der Waals surface area contributed by atoms with Crippen molar-refractivity contribution in [2.45, 2.75) is 26.2 Å². The van der Waals surface area contributed by atoms with E-state index in [1.54, 1.807) is 12.3 Å². The van der Waals surface area contributed by atoms with Gasteiger partial charge in [-0.2, -0.15) is 0 Å². The van der Waals surface area contributed by atoms with Crippen molar-refractivity contribution in [1.82, 2.24) is 9.97 Å². The molecule has 0 aliphatic rings. The molecule has 2 N–H and O–H groups in total. The van der Waals surface area contributed by atoms with Crippen molar-refractivity contribution in [3.8, 4) is 0 Å². The van der Waals surface area contributed by atoms with Crippen molar-refractivity contribution in [2.75, 3.05) is 5.32 Å². The number of H-pyrrole nitrogens is 1. The van der Waals surface area contributed by atoms with E-state index in [1.165, 1.54) is 11.3 Å². The molecule has 2 rings (SSSR count). The van der Waals surface area contributed by atoms with Crippen LogP contribution in [0, 0.1) is 0 Å². The van der Waals surface area contributed by atoms with Crippen molar-refractivity contribution < 1.29 is 4.79 Å². The fraction of sp³-hybridized carbons (Fsp3) is 0.333. The van der Waals surface area contributed by atoms with Gasteiger partial charge in [0.05, 0.1) is 5.69 Å². The van der Waals surface area contributed by atoms with E-state index in [2.05, 4.69) is 52.0 Å². The molecule has 1 amide bonds. The highest BCUT2D eigenvalue weighted by atomic mass is 79.9. The first-order valence-electron chi connectivity index (χ1n) is 5.47. The summed E-state index contributed by atoms with van der Waals surface area (Å²) in [6.45, 7) is 6.28. The summed E-state index contributed by atoms with van der Waals surface area (Å²) in [5.41, 5.74) is 1.49. The number of nitrogens with zero attached hydrogens (tertiary/aromatic N) is 1. The number of halogens is 1. The summed E-state index contributed by atoms with van der Waals surface area (Å²) in [4.78, 5) is 19.2. The molecule has 0 aromatic carbocycles. The van der Waals surface area contributed by atoms with E-state index in [4.69, 9.17) is 0 Å². The number of hydrogen-bond donors (Lipinski definition) is 2. The van der Waals surface area contributed by atoms with Gasteiger partial charge in [-0.3, -0.25) is 10.1 Å². The topological polar surface area (TPSA) is 57.8 Å². The summed E-state index contributed by atoms with van der Waals surface area (Å²) in [5.74, 6) is -0.185. The van der Waals surface area contributed by atoms with Crippen LogP contribution >= 0.6 is 27.3 Å². The van der Waals surface area contributed by atoms with Gasteiger partial charge in [-0.05, 0) is 22.0 Å². The van der Waals surface area contributed by atoms with Crippen LogP contribution in [0.3, 0.4) is 0 Å². The lowest BCUT2D eigenvalue weighted by Gasteiger charge is -2.14. The highest BCUT2D eigenvalue weighted by Crippen LogP contribution is 2.26. The van der Waals surface area contributed by atoms with Crippen molar-refractivity contribution >= 4 is 38.3 Å². The maximum atomic E-state index is 11.9. The van der Waals surface area contributed by atoms with Gasteiger partial charge in [-0.25, -0.2) is 4.98 Å². The van der Waals surface area contributed by atoms with Crippen molar-refractivity contribution in [2.24, 2.45) is 0 Å². The first-order valence-corrected chi connectivity index (χ1v) is 7.15. The second-order valence-electron chi connectivity index (χ2n) is 4.97. The second kappa shape index (κ2) is 4.85. The zero-order valence-electron chi connectivity index (χ0n) is 10.4. The lowest BCUT2D eigenvalue weighted by Crippen LogP contribution is -2.14. The van der Waals surface area contributed by atoms with Gasteiger partial charge in [0.1, 0.15) is 5.69 Å². The Morgan fingerprint density at radius 2 is 2.22 bits per heavy atom. The molecular weight excluding hydrogens is 314 g/mol. The number of anilines is 1. The number of carbonyl (C=O) groups excluding carboxylic acids is 1. The molecule has 0 atom stereocenters. The number of amides is 1. The molecule has 0 bridgehead atoms. The first-order chi connectivity index (χ1) is 8.36. The zero-order valence-corrected chi connectivity index (χ0v) is 12.8. The third kappa shape index (κ3) is 3.00. The van der Waals surface area contributed by atoms with E-state index in [-0.39, 0.29) is 11.3 Å². The molecule has 2 aromatic rings. The van der Waals surface area contributed by atoms with Gasteiger partial charge in [0.25, 0.3) is 5.91 Å². The number of carbonyl (C=O) groups is 1. The Labute approximate surface area is 118 Å². The van der Waals surface area contributed by atoms with Crippen LogP contribution in [-0.4, -0.2) is 15.9 Å². The molecule has 18 heavy (non-hydrogen) atoms. The molecule has 0 saturated heterocycles. The number of aromatic nitrogens is 2. The minimum absolute atomic E-state index is 0.00502. The quantitative estimate of drug-likeness (QED) is 0.881. The lowest BCUT2D eigenvalue weighted by atomic mass is 9.93. The number of rotatable bonds is 2. The van der Waals surface area contributed by atoms with Crippen LogP contribution in [0.2, 0.25) is 0 Å². The lowest BCUT2D eigenvalue weighted by molar-refractivity contribution is 0.102. The summed E-state index contributed by atoms with van der Waals surface area (Å²) in [5, 5.41) is 5.37. The van der Waals surface area contributed by atoms with Gasteiger partial charge in [0.2, 0.25) is 0 Å². The monoisotopic (exact) mass is 327 g/mol. The summed E-state index contributed by atoms with van der Waals surface area (Å²) in [6, 6.07) is 1.73. The van der Waals surface area contributed by atoms with Crippen LogP contribution in [0.5, 0.6) is 0 Å². The van der Waals surface area contributed by atoms with Crippen LogP contribution in [0.1, 0.15) is 37.0 Å². The number of aromatic amines is 1. The Balaban J connectivity index is 2.10. The molecule has 2 aromatic heterocycles. The molecule has 6 heteroatoms. The van der Waals surface area contributed by atoms with Gasteiger partial charge < -0.3 is 4.98 Å². The van der Waals surface area contributed by atoms with Crippen molar-refractivity contribution in [3.63, 3.8) is 0 Å². The third-order valence-electron chi connectivity index (χ3n) is 2.39. The van der Waals surface area contributed by atoms with E-state index < -0.39 is 0 Å². The minimum atomic E-state index is -0.185. The standard InChI is InChI=1S/C12H14BrN3OS/c1-12(2,3)9-6-18-11(15-9)16-10(17)8-4-7(13)5-14-8/h4-6,14H,1-3H3,(H,15,16,17). The maximum Gasteiger partial charge on any atom is 0.273 e. The molecule has 0 saturated carbocycles. The molecule has 2 heterocycles. The Morgan fingerprint density at radius 1 is 1.50 bits per heavy atom. The average Bonchev–Trinajstić information content (AvgIpc) is 2.85. The van der Waals surface area contributed by atoms with Gasteiger partial charge in [0, 0.05) is 21.5 Å². The molecule has 0 aliphatic heterocycles. The fourth-order valence-corrected chi connectivity index (χ4v) is 2.61. The molecule has 96 valence electrons. The van der Waals surface area contributed by atoms with E-state index in [0.717, 1.165) is 10.2 Å². The van der Waals surface area contributed by atoms with Gasteiger partial charge in [-0.15, -0.1) is 11.3 Å². The van der Waals surface area contributed by atoms with E-state index >= 15 is 0 Å². The maximum absolute atomic E-state index is 11.9. The van der Waals surface area contributed by atoms with Gasteiger partial charge in [-0.1, -0.05) is 20.8 Å². The molecule has 0 unspecified atom stereocenters. The van der Waals surface area contributed by atoms with Gasteiger partial charge >= 0.3 is 0 Å². The van der Waals surface area contributed by atoms with Crippen LogP contribution in [0.15, 0.2) is 22.1 Å². The largest absolute Gasteiger partial charge is 0.356 e. The predicted molar refractivity (Wildman–Crippen MR) is 77.3 cm³/mol. The van der Waals surface area contributed by atoms with Crippen LogP contribution in [-0.2, 0) is 5.41 Å². The summed E-state index contributed by atoms with van der Waals surface area (Å²) in [6.07, 6.45) is 1.72. The third-order valence-corrected chi connectivity index (χ3v) is 3.60. The predicted octanol–water partition coefficient (Wildman–Crippen LogP) is 3.78. The summed E-state index contributed by atoms with van der Waals surface area (Å²) < 4.78 is 0.849. The van der Waals surface area contributed by atoms with E-state index in [0.29, 0.717) is 10.8 Å². The second-order valence-corrected chi connectivity index (χ2v) is 6.75. The normalized spacial score (nSPS) is 11.6. The molecule has 0 spiro atoms. The summed E-state index contributed by atoms with van der Waals surface area (Å²) >= 11 is 4.73. The number of hydrogen-bond acceptors (Lipinski definition) is 3. The SMILES string of the molecule is CC(C)(C)c1csc(NC(=O)c2cc(Br)c[nH]2)n1. The highest BCUT2D eigenvalue weighted by molar-refractivity contribution is 9.10. The highest BCUT2D eigenvalue weighted by Gasteiger charge is 2.18. The summed E-state index contributed by atoms with van der Waals surface area (Å²) in [7, 11) is 0. The molecule has 0 aliphatic carbocycles. The van der Waals surface area contributed by atoms with Crippen LogP contribution < -0.4 is 5.32 Å². The molecular formula is C12H14BrN3OS. The van der Waals surface area contributed by atoms with E-state index in [9.17, 15) is 4.79 Å². The van der Waals surface area contributed by atoms with Crippen LogP contribution in [0.4, 0.5) is 5.13 Å². The Bertz CT molecular complexity index is 568. The molecule has 4 nitrogen and oxygen atoms in total. The Morgan fingerprint density at radius 3 is 2.72 bits per heavy atom. The fourth-order valence-electron chi connectivity index (χ4n) is 1.34. The smallest absolute Gasteiger partial charge is 0.273 e. The molecule has 0 radical (unpaired) electrons. The Kier molecular flexibility index (Phi) is 3.59.